The molecule has 3 nitrogen and oxygen atoms in total. The van der Waals surface area contributed by atoms with Crippen LogP contribution in [0.5, 0.6) is 0 Å². The van der Waals surface area contributed by atoms with Crippen molar-refractivity contribution in [2.24, 2.45) is 0 Å². The van der Waals surface area contributed by atoms with Gasteiger partial charge in [0, 0.05) is 31.2 Å². The Morgan fingerprint density at radius 1 is 1.20 bits per heavy atom. The van der Waals surface area contributed by atoms with Gasteiger partial charge in [0.15, 0.2) is 0 Å². The molecule has 0 saturated carbocycles. The number of nitrogens with zero attached hydrogens (tertiary/aromatic N) is 1. The summed E-state index contributed by atoms with van der Waals surface area (Å²) >= 11 is 0. The molecule has 0 spiro atoms. The molecule has 1 heterocycles. The van der Waals surface area contributed by atoms with Gasteiger partial charge in [-0.05, 0) is 25.8 Å². The van der Waals surface area contributed by atoms with Crippen molar-refractivity contribution in [2.45, 2.75) is 38.8 Å². The third-order valence-electron chi connectivity index (χ3n) is 4.26. The summed E-state index contributed by atoms with van der Waals surface area (Å²) in [7, 11) is 0. The van der Waals surface area contributed by atoms with E-state index in [-0.39, 0.29) is 5.54 Å². The lowest BCUT2D eigenvalue weighted by Crippen LogP contribution is -2.55. The summed E-state index contributed by atoms with van der Waals surface area (Å²) in [4.78, 5) is 2.53. The smallest absolute Gasteiger partial charge is 0.0594 e. The molecule has 1 saturated heterocycles. The molecule has 0 aliphatic carbocycles. The van der Waals surface area contributed by atoms with Crippen LogP contribution in [-0.4, -0.2) is 43.3 Å². The van der Waals surface area contributed by atoms with Gasteiger partial charge >= 0.3 is 0 Å². The number of rotatable bonds is 6. The first kappa shape index (κ1) is 15.5. The lowest BCUT2D eigenvalue weighted by atomic mass is 9.99. The predicted molar refractivity (Wildman–Crippen MR) is 83.9 cm³/mol. The number of hydrogen-bond acceptors (Lipinski definition) is 3. The lowest BCUT2D eigenvalue weighted by Gasteiger charge is -2.41. The average Bonchev–Trinajstić information content (AvgIpc) is 2.50. The summed E-state index contributed by atoms with van der Waals surface area (Å²) in [5, 5.41) is 3.74. The molecular weight excluding hydrogens is 248 g/mol. The van der Waals surface area contributed by atoms with Crippen LogP contribution in [-0.2, 0) is 4.74 Å². The molecule has 1 aromatic carbocycles. The minimum atomic E-state index is 0.173. The minimum absolute atomic E-state index is 0.173. The van der Waals surface area contributed by atoms with Crippen LogP contribution >= 0.6 is 0 Å². The van der Waals surface area contributed by atoms with Gasteiger partial charge < -0.3 is 10.1 Å². The zero-order valence-electron chi connectivity index (χ0n) is 13.1. The summed E-state index contributed by atoms with van der Waals surface area (Å²) in [6, 6.07) is 11.2. The molecule has 3 heteroatoms. The Balaban J connectivity index is 1.91. The van der Waals surface area contributed by atoms with E-state index >= 15 is 0 Å². The molecule has 20 heavy (non-hydrogen) atoms. The first-order valence-electron chi connectivity index (χ1n) is 7.74. The molecule has 1 aliphatic heterocycles. The number of nitrogens with one attached hydrogen (secondary N) is 1. The van der Waals surface area contributed by atoms with E-state index in [4.69, 9.17) is 4.74 Å². The predicted octanol–water partition coefficient (Wildman–Crippen LogP) is 2.84. The molecule has 1 aliphatic rings. The van der Waals surface area contributed by atoms with Crippen molar-refractivity contribution in [1.82, 2.24) is 10.2 Å². The van der Waals surface area contributed by atoms with Crippen LogP contribution in [0.2, 0.25) is 0 Å². The van der Waals surface area contributed by atoms with Gasteiger partial charge in [0.05, 0.1) is 13.2 Å². The second-order valence-corrected chi connectivity index (χ2v) is 6.16. The van der Waals surface area contributed by atoms with Crippen LogP contribution in [0.4, 0.5) is 0 Å². The van der Waals surface area contributed by atoms with Crippen molar-refractivity contribution >= 4 is 0 Å². The third-order valence-corrected chi connectivity index (χ3v) is 4.26. The molecule has 0 aromatic heterocycles. The first-order valence-corrected chi connectivity index (χ1v) is 7.74. The van der Waals surface area contributed by atoms with E-state index in [0.717, 1.165) is 39.3 Å². The Hall–Kier alpha value is -0.900. The second kappa shape index (κ2) is 7.21. The van der Waals surface area contributed by atoms with E-state index in [2.05, 4.69) is 61.3 Å². The van der Waals surface area contributed by atoms with E-state index in [1.165, 1.54) is 5.56 Å². The molecule has 112 valence electrons. The molecule has 0 amide bonds. The zero-order chi connectivity index (χ0) is 14.4. The molecule has 0 bridgehead atoms. The fourth-order valence-corrected chi connectivity index (χ4v) is 2.84. The number of benzene rings is 1. The van der Waals surface area contributed by atoms with Gasteiger partial charge in [0.1, 0.15) is 0 Å². The number of hydrogen-bond donors (Lipinski definition) is 1. The molecule has 1 aromatic rings. The van der Waals surface area contributed by atoms with Crippen molar-refractivity contribution in [3.05, 3.63) is 35.9 Å². The fourth-order valence-electron chi connectivity index (χ4n) is 2.84. The quantitative estimate of drug-likeness (QED) is 0.864. The molecule has 1 unspecified atom stereocenters. The Bertz CT molecular complexity index is 385. The molecule has 1 N–H and O–H groups in total. The largest absolute Gasteiger partial charge is 0.379 e. The van der Waals surface area contributed by atoms with Crippen molar-refractivity contribution in [3.8, 4) is 0 Å². The van der Waals surface area contributed by atoms with Crippen molar-refractivity contribution in [3.63, 3.8) is 0 Å². The van der Waals surface area contributed by atoms with Gasteiger partial charge in [-0.25, -0.2) is 0 Å². The lowest BCUT2D eigenvalue weighted by molar-refractivity contribution is -0.0104. The third kappa shape index (κ3) is 4.05. The highest BCUT2D eigenvalue weighted by atomic mass is 16.5. The van der Waals surface area contributed by atoms with Crippen molar-refractivity contribution in [2.75, 3.05) is 32.8 Å². The van der Waals surface area contributed by atoms with Gasteiger partial charge in [-0.2, -0.15) is 0 Å². The number of ether oxygens (including phenoxy) is 1. The molecule has 2 rings (SSSR count). The highest BCUT2D eigenvalue weighted by molar-refractivity contribution is 5.18. The monoisotopic (exact) mass is 276 g/mol. The molecule has 0 radical (unpaired) electrons. The second-order valence-electron chi connectivity index (χ2n) is 6.16. The van der Waals surface area contributed by atoms with E-state index < -0.39 is 0 Å². The SMILES string of the molecule is CCC(NCC(C)(C)N1CCOCC1)c1ccccc1. The standard InChI is InChI=1S/C17H28N2O/c1-4-16(15-8-6-5-7-9-15)18-14-17(2,3)19-10-12-20-13-11-19/h5-9,16,18H,4,10-14H2,1-3H3. The van der Waals surface area contributed by atoms with Gasteiger partial charge in [0.25, 0.3) is 0 Å². The highest BCUT2D eigenvalue weighted by Gasteiger charge is 2.28. The summed E-state index contributed by atoms with van der Waals surface area (Å²) in [6.45, 7) is 11.7. The maximum absolute atomic E-state index is 5.45. The van der Waals surface area contributed by atoms with Crippen LogP contribution in [0, 0.1) is 0 Å². The maximum Gasteiger partial charge on any atom is 0.0594 e. The fraction of sp³-hybridized carbons (Fsp3) is 0.647. The van der Waals surface area contributed by atoms with Crippen molar-refractivity contribution < 1.29 is 4.74 Å². The van der Waals surface area contributed by atoms with E-state index in [1.807, 2.05) is 0 Å². The average molecular weight is 276 g/mol. The zero-order valence-corrected chi connectivity index (χ0v) is 13.1. The molecule has 1 atom stereocenters. The first-order chi connectivity index (χ1) is 9.63. The van der Waals surface area contributed by atoms with Gasteiger partial charge in [-0.3, -0.25) is 4.90 Å². The van der Waals surface area contributed by atoms with E-state index in [0.29, 0.717) is 6.04 Å². The Morgan fingerprint density at radius 3 is 2.45 bits per heavy atom. The summed E-state index contributed by atoms with van der Waals surface area (Å²) in [5.41, 5.74) is 1.55. The van der Waals surface area contributed by atoms with Gasteiger partial charge in [0.2, 0.25) is 0 Å². The summed E-state index contributed by atoms with van der Waals surface area (Å²) < 4.78 is 5.45. The van der Waals surface area contributed by atoms with Gasteiger partial charge in [-0.15, -0.1) is 0 Å². The van der Waals surface area contributed by atoms with Gasteiger partial charge in [-0.1, -0.05) is 37.3 Å². The summed E-state index contributed by atoms with van der Waals surface area (Å²) in [6.07, 6.45) is 1.11. The topological polar surface area (TPSA) is 24.5 Å². The number of morpholine rings is 1. The highest BCUT2D eigenvalue weighted by Crippen LogP contribution is 2.20. The summed E-state index contributed by atoms with van der Waals surface area (Å²) in [5.74, 6) is 0. The van der Waals surface area contributed by atoms with Crippen LogP contribution in [0.15, 0.2) is 30.3 Å². The minimum Gasteiger partial charge on any atom is -0.379 e. The van der Waals surface area contributed by atoms with Crippen LogP contribution in [0.3, 0.4) is 0 Å². The van der Waals surface area contributed by atoms with E-state index in [1.54, 1.807) is 0 Å². The van der Waals surface area contributed by atoms with Crippen LogP contribution < -0.4 is 5.32 Å². The normalized spacial score (nSPS) is 18.9. The maximum atomic E-state index is 5.45. The Labute approximate surface area is 123 Å². The Morgan fingerprint density at radius 2 is 1.85 bits per heavy atom. The van der Waals surface area contributed by atoms with Crippen molar-refractivity contribution in [1.29, 1.82) is 0 Å². The van der Waals surface area contributed by atoms with Crippen LogP contribution in [0.1, 0.15) is 38.8 Å². The van der Waals surface area contributed by atoms with E-state index in [9.17, 15) is 0 Å². The molecule has 1 fully saturated rings. The Kier molecular flexibility index (Phi) is 5.58. The molecular formula is C17H28N2O. The van der Waals surface area contributed by atoms with Crippen LogP contribution in [0.25, 0.3) is 0 Å².